The van der Waals surface area contributed by atoms with Crippen molar-refractivity contribution < 1.29 is 9.72 Å². The number of nitro groups is 1. The molecule has 0 bridgehead atoms. The van der Waals surface area contributed by atoms with Crippen LogP contribution in [0, 0.1) is 16.0 Å². The van der Waals surface area contributed by atoms with Crippen LogP contribution < -0.4 is 11.1 Å². The van der Waals surface area contributed by atoms with Crippen LogP contribution in [0.15, 0.2) is 48.5 Å². The Morgan fingerprint density at radius 3 is 2.71 bits per heavy atom. The first-order chi connectivity index (χ1) is 13.5. The molecule has 0 radical (unpaired) electrons. The zero-order valence-corrected chi connectivity index (χ0v) is 16.0. The third kappa shape index (κ3) is 4.48. The molecule has 1 fully saturated rings. The molecule has 28 heavy (non-hydrogen) atoms. The molecule has 0 saturated carbocycles. The van der Waals surface area contributed by atoms with Crippen molar-refractivity contribution >= 4 is 17.3 Å². The summed E-state index contributed by atoms with van der Waals surface area (Å²) in [6, 6.07) is 14.2. The van der Waals surface area contributed by atoms with Gasteiger partial charge in [0.15, 0.2) is 0 Å². The lowest BCUT2D eigenvalue weighted by molar-refractivity contribution is -0.384. The van der Waals surface area contributed by atoms with Crippen LogP contribution in [0.25, 0.3) is 0 Å². The standard InChI is InChI=1S/C21H26N4O3/c1-15-9-10-24(18(11-15)13-22)21(26)17-7-8-19(20(12-17)25(27)28)23-14-16-5-3-2-4-6-16/h2-8,12,15,18,23H,9-11,13-14,22H2,1H3. The molecule has 3 N–H and O–H groups in total. The Labute approximate surface area is 164 Å². The number of nitro benzene ring substituents is 1. The van der Waals surface area contributed by atoms with Crippen molar-refractivity contribution in [2.45, 2.75) is 32.4 Å². The minimum absolute atomic E-state index is 0.0220. The Morgan fingerprint density at radius 2 is 2.04 bits per heavy atom. The number of carbonyl (C=O) groups excluding carboxylic acids is 1. The highest BCUT2D eigenvalue weighted by Gasteiger charge is 2.30. The van der Waals surface area contributed by atoms with Crippen molar-refractivity contribution in [3.8, 4) is 0 Å². The fourth-order valence-corrected chi connectivity index (χ4v) is 3.67. The maximum atomic E-state index is 13.0. The molecule has 1 amide bonds. The van der Waals surface area contributed by atoms with Crippen LogP contribution in [-0.2, 0) is 6.54 Å². The van der Waals surface area contributed by atoms with Crippen molar-refractivity contribution in [3.63, 3.8) is 0 Å². The number of carbonyl (C=O) groups is 1. The predicted octanol–water partition coefficient (Wildman–Crippen LogP) is 3.41. The third-order valence-corrected chi connectivity index (χ3v) is 5.28. The van der Waals surface area contributed by atoms with E-state index < -0.39 is 4.92 Å². The van der Waals surface area contributed by atoms with Crippen molar-refractivity contribution in [2.24, 2.45) is 11.7 Å². The van der Waals surface area contributed by atoms with Gasteiger partial charge in [-0.1, -0.05) is 37.3 Å². The monoisotopic (exact) mass is 382 g/mol. The van der Waals surface area contributed by atoms with Crippen LogP contribution in [0.2, 0.25) is 0 Å². The highest BCUT2D eigenvalue weighted by Crippen LogP contribution is 2.29. The largest absolute Gasteiger partial charge is 0.375 e. The number of piperidine rings is 1. The number of benzene rings is 2. The Bertz CT molecular complexity index is 841. The van der Waals surface area contributed by atoms with Crippen LogP contribution in [0.1, 0.15) is 35.7 Å². The normalized spacial score (nSPS) is 19.3. The van der Waals surface area contributed by atoms with Crippen LogP contribution in [0.4, 0.5) is 11.4 Å². The second-order valence-electron chi connectivity index (χ2n) is 7.35. The summed E-state index contributed by atoms with van der Waals surface area (Å²) < 4.78 is 0. The van der Waals surface area contributed by atoms with E-state index in [2.05, 4.69) is 12.2 Å². The topological polar surface area (TPSA) is 102 Å². The van der Waals surface area contributed by atoms with Gasteiger partial charge in [-0.05, 0) is 36.5 Å². The molecule has 148 valence electrons. The minimum Gasteiger partial charge on any atom is -0.375 e. The summed E-state index contributed by atoms with van der Waals surface area (Å²) in [6.45, 7) is 3.65. The molecule has 2 atom stereocenters. The van der Waals surface area contributed by atoms with Crippen molar-refractivity contribution in [2.75, 3.05) is 18.4 Å². The van der Waals surface area contributed by atoms with E-state index in [1.165, 1.54) is 6.07 Å². The smallest absolute Gasteiger partial charge is 0.293 e. The lowest BCUT2D eigenvalue weighted by Gasteiger charge is -2.38. The highest BCUT2D eigenvalue weighted by atomic mass is 16.6. The minimum atomic E-state index is -0.456. The summed E-state index contributed by atoms with van der Waals surface area (Å²) in [5.41, 5.74) is 7.50. The Morgan fingerprint density at radius 1 is 1.29 bits per heavy atom. The summed E-state index contributed by atoms with van der Waals surface area (Å²) in [5, 5.41) is 14.7. The molecule has 0 aliphatic carbocycles. The van der Waals surface area contributed by atoms with Gasteiger partial charge < -0.3 is 16.0 Å². The number of hydrogen-bond acceptors (Lipinski definition) is 5. The average Bonchev–Trinajstić information content (AvgIpc) is 2.72. The van der Waals surface area contributed by atoms with Crippen LogP contribution in [-0.4, -0.2) is 34.9 Å². The van der Waals surface area contributed by atoms with Crippen molar-refractivity contribution in [1.82, 2.24) is 4.90 Å². The fraction of sp³-hybridized carbons (Fsp3) is 0.381. The van der Waals surface area contributed by atoms with Gasteiger partial charge in [0.1, 0.15) is 5.69 Å². The molecule has 2 aromatic carbocycles. The van der Waals surface area contributed by atoms with Crippen LogP contribution in [0.3, 0.4) is 0 Å². The second kappa shape index (κ2) is 8.84. The van der Waals surface area contributed by atoms with Gasteiger partial charge >= 0.3 is 0 Å². The van der Waals surface area contributed by atoms with Crippen LogP contribution in [0.5, 0.6) is 0 Å². The Kier molecular flexibility index (Phi) is 6.26. The maximum absolute atomic E-state index is 13.0. The van der Waals surface area contributed by atoms with Gasteiger partial charge in [-0.3, -0.25) is 14.9 Å². The van der Waals surface area contributed by atoms with Gasteiger partial charge in [-0.25, -0.2) is 0 Å². The number of nitrogens with two attached hydrogens (primary N) is 1. The molecule has 2 aromatic rings. The molecular formula is C21H26N4O3. The zero-order valence-electron chi connectivity index (χ0n) is 16.0. The molecule has 1 heterocycles. The molecule has 7 nitrogen and oxygen atoms in total. The number of rotatable bonds is 6. The number of anilines is 1. The number of hydrogen-bond donors (Lipinski definition) is 2. The van der Waals surface area contributed by atoms with Crippen molar-refractivity contribution in [1.29, 1.82) is 0 Å². The summed E-state index contributed by atoms with van der Waals surface area (Å²) in [5.74, 6) is 0.330. The molecule has 3 rings (SSSR count). The van der Waals surface area contributed by atoms with E-state index in [0.29, 0.717) is 36.8 Å². The first-order valence-corrected chi connectivity index (χ1v) is 9.57. The SMILES string of the molecule is CC1CCN(C(=O)c2ccc(NCc3ccccc3)c([N+](=O)[O-])c2)C(CN)C1. The van der Waals surface area contributed by atoms with Gasteiger partial charge in [-0.15, -0.1) is 0 Å². The summed E-state index contributed by atoms with van der Waals surface area (Å²) in [4.78, 5) is 25.8. The van der Waals surface area contributed by atoms with Gasteiger partial charge in [0.2, 0.25) is 0 Å². The van der Waals surface area contributed by atoms with Gasteiger partial charge in [0, 0.05) is 37.3 Å². The molecule has 7 heteroatoms. The lowest BCUT2D eigenvalue weighted by Crippen LogP contribution is -2.49. The number of likely N-dealkylation sites (tertiary alicyclic amines) is 1. The number of amides is 1. The van der Waals surface area contributed by atoms with E-state index in [4.69, 9.17) is 5.73 Å². The van der Waals surface area contributed by atoms with Gasteiger partial charge in [-0.2, -0.15) is 0 Å². The summed E-state index contributed by atoms with van der Waals surface area (Å²) >= 11 is 0. The maximum Gasteiger partial charge on any atom is 0.293 e. The molecule has 0 aromatic heterocycles. The van der Waals surface area contributed by atoms with E-state index in [9.17, 15) is 14.9 Å². The lowest BCUT2D eigenvalue weighted by atomic mass is 9.92. The Balaban J connectivity index is 1.80. The molecule has 1 aliphatic heterocycles. The van der Waals surface area contributed by atoms with E-state index in [1.807, 2.05) is 30.3 Å². The molecule has 0 spiro atoms. The molecule has 1 saturated heterocycles. The highest BCUT2D eigenvalue weighted by molar-refractivity contribution is 5.96. The molecular weight excluding hydrogens is 356 g/mol. The Hall–Kier alpha value is -2.93. The molecule has 2 unspecified atom stereocenters. The third-order valence-electron chi connectivity index (χ3n) is 5.28. The fourth-order valence-electron chi connectivity index (χ4n) is 3.67. The first kappa shape index (κ1) is 19.8. The van der Waals surface area contributed by atoms with Crippen molar-refractivity contribution in [3.05, 3.63) is 69.8 Å². The predicted molar refractivity (Wildman–Crippen MR) is 109 cm³/mol. The van der Waals surface area contributed by atoms with Gasteiger partial charge in [0.25, 0.3) is 11.6 Å². The van der Waals surface area contributed by atoms with E-state index >= 15 is 0 Å². The summed E-state index contributed by atoms with van der Waals surface area (Å²) in [6.07, 6.45) is 1.78. The zero-order chi connectivity index (χ0) is 20.1. The number of nitrogens with zero attached hydrogens (tertiary/aromatic N) is 2. The van der Waals surface area contributed by atoms with E-state index in [0.717, 1.165) is 18.4 Å². The summed E-state index contributed by atoms with van der Waals surface area (Å²) in [7, 11) is 0. The number of nitrogens with one attached hydrogen (secondary N) is 1. The van der Waals surface area contributed by atoms with Crippen LogP contribution >= 0.6 is 0 Å². The van der Waals surface area contributed by atoms with E-state index in [-0.39, 0.29) is 17.6 Å². The quantitative estimate of drug-likeness (QED) is 0.589. The first-order valence-electron chi connectivity index (χ1n) is 9.57. The van der Waals surface area contributed by atoms with E-state index in [1.54, 1.807) is 17.0 Å². The molecule has 1 aliphatic rings. The average molecular weight is 382 g/mol. The van der Waals surface area contributed by atoms with Gasteiger partial charge in [0.05, 0.1) is 4.92 Å². The second-order valence-corrected chi connectivity index (χ2v) is 7.35.